The molecular weight excluding hydrogens is 469 g/mol. The molecular formula is C22H15Cl2N5S2. The Labute approximate surface area is 197 Å². The van der Waals surface area contributed by atoms with Gasteiger partial charge in [-0.15, -0.1) is 16.4 Å². The van der Waals surface area contributed by atoms with Gasteiger partial charge in [-0.3, -0.25) is 0 Å². The molecule has 0 fully saturated rings. The first-order valence-corrected chi connectivity index (χ1v) is 12.0. The Morgan fingerprint density at radius 2 is 1.77 bits per heavy atom. The largest absolute Gasteiger partial charge is 0.234 e. The summed E-state index contributed by atoms with van der Waals surface area (Å²) in [5.74, 6) is 2.58. The van der Waals surface area contributed by atoms with Crippen LogP contribution in [-0.2, 0) is 12.2 Å². The van der Waals surface area contributed by atoms with Gasteiger partial charge in [-0.1, -0.05) is 77.4 Å². The van der Waals surface area contributed by atoms with Crippen molar-refractivity contribution in [2.24, 2.45) is 0 Å². The Bertz CT molecular complexity index is 1320. The van der Waals surface area contributed by atoms with Crippen molar-refractivity contribution < 1.29 is 0 Å². The number of halogens is 2. The van der Waals surface area contributed by atoms with Gasteiger partial charge in [-0.05, 0) is 23.8 Å². The zero-order valence-corrected chi connectivity index (χ0v) is 19.2. The molecule has 0 aliphatic rings. The third-order valence-electron chi connectivity index (χ3n) is 4.51. The predicted octanol–water partition coefficient (Wildman–Crippen LogP) is 6.46. The van der Waals surface area contributed by atoms with Crippen LogP contribution in [0.4, 0.5) is 0 Å². The van der Waals surface area contributed by atoms with Crippen molar-refractivity contribution in [3.63, 3.8) is 0 Å². The normalized spacial score (nSPS) is 11.3. The van der Waals surface area contributed by atoms with Crippen LogP contribution in [0.2, 0.25) is 10.0 Å². The van der Waals surface area contributed by atoms with E-state index in [-0.39, 0.29) is 0 Å². The molecule has 0 amide bonds. The third kappa shape index (κ3) is 4.60. The lowest BCUT2D eigenvalue weighted by molar-refractivity contribution is 0.782. The molecule has 0 spiro atoms. The Morgan fingerprint density at radius 3 is 2.58 bits per heavy atom. The second-order valence-electron chi connectivity index (χ2n) is 6.71. The van der Waals surface area contributed by atoms with Gasteiger partial charge in [0, 0.05) is 12.6 Å². The molecule has 0 bridgehead atoms. The standard InChI is InChI=1S/C22H15Cl2N5S2/c23-15-11-16(24)21(25-12-15)29-20(10-14-6-2-1-3-7-14)27-19(28-29)13-30-22-26-17-8-4-5-9-18(17)31-22/h1-9,11-12H,10,13H2. The molecule has 0 atom stereocenters. The summed E-state index contributed by atoms with van der Waals surface area (Å²) in [5, 5.41) is 5.61. The first-order valence-electron chi connectivity index (χ1n) is 9.44. The number of para-hydroxylation sites is 1. The van der Waals surface area contributed by atoms with Crippen LogP contribution in [0.25, 0.3) is 16.0 Å². The number of hydrogen-bond acceptors (Lipinski definition) is 6. The molecule has 5 aromatic rings. The van der Waals surface area contributed by atoms with Crippen molar-refractivity contribution in [1.82, 2.24) is 24.7 Å². The monoisotopic (exact) mass is 483 g/mol. The van der Waals surface area contributed by atoms with Crippen LogP contribution in [0.5, 0.6) is 0 Å². The number of thioether (sulfide) groups is 1. The van der Waals surface area contributed by atoms with Crippen LogP contribution in [0.1, 0.15) is 17.2 Å². The fraction of sp³-hybridized carbons (Fsp3) is 0.0909. The van der Waals surface area contributed by atoms with Gasteiger partial charge in [0.15, 0.2) is 16.0 Å². The summed E-state index contributed by atoms with van der Waals surface area (Å²) in [6.45, 7) is 0. The molecule has 0 saturated carbocycles. The minimum atomic E-state index is 0.428. The second kappa shape index (κ2) is 8.96. The molecule has 3 aromatic heterocycles. The van der Waals surface area contributed by atoms with Crippen LogP contribution < -0.4 is 0 Å². The van der Waals surface area contributed by atoms with E-state index >= 15 is 0 Å². The van der Waals surface area contributed by atoms with Gasteiger partial charge in [0.1, 0.15) is 5.82 Å². The lowest BCUT2D eigenvalue weighted by Crippen LogP contribution is -2.06. The minimum absolute atomic E-state index is 0.428. The average molecular weight is 484 g/mol. The Hall–Kier alpha value is -2.45. The summed E-state index contributed by atoms with van der Waals surface area (Å²) in [5.41, 5.74) is 2.14. The van der Waals surface area contributed by atoms with E-state index in [0.717, 1.165) is 21.2 Å². The second-order valence-corrected chi connectivity index (χ2v) is 9.81. The summed E-state index contributed by atoms with van der Waals surface area (Å²) in [6, 6.07) is 19.9. The number of benzene rings is 2. The van der Waals surface area contributed by atoms with Gasteiger partial charge in [-0.25, -0.2) is 15.0 Å². The fourth-order valence-electron chi connectivity index (χ4n) is 3.12. The minimum Gasteiger partial charge on any atom is -0.234 e. The molecule has 3 heterocycles. The molecule has 0 N–H and O–H groups in total. The van der Waals surface area contributed by atoms with Crippen molar-refractivity contribution in [1.29, 1.82) is 0 Å². The zero-order chi connectivity index (χ0) is 21.2. The molecule has 0 aliphatic heterocycles. The highest BCUT2D eigenvalue weighted by molar-refractivity contribution is 8.00. The lowest BCUT2D eigenvalue weighted by Gasteiger charge is -2.07. The number of pyridine rings is 1. The van der Waals surface area contributed by atoms with Crippen molar-refractivity contribution >= 4 is 56.5 Å². The molecule has 2 aromatic carbocycles. The molecule has 5 rings (SSSR count). The van der Waals surface area contributed by atoms with E-state index in [0.29, 0.717) is 33.9 Å². The third-order valence-corrected chi connectivity index (χ3v) is 7.17. The van der Waals surface area contributed by atoms with Crippen LogP contribution in [0.3, 0.4) is 0 Å². The molecule has 9 heteroatoms. The maximum absolute atomic E-state index is 6.42. The fourth-order valence-corrected chi connectivity index (χ4v) is 5.49. The highest BCUT2D eigenvalue weighted by atomic mass is 35.5. The van der Waals surface area contributed by atoms with E-state index in [1.807, 2.05) is 36.4 Å². The summed E-state index contributed by atoms with van der Waals surface area (Å²) < 4.78 is 3.87. The van der Waals surface area contributed by atoms with Crippen molar-refractivity contribution in [3.05, 3.63) is 94.1 Å². The number of nitrogens with zero attached hydrogens (tertiary/aromatic N) is 5. The summed E-state index contributed by atoms with van der Waals surface area (Å²) >= 11 is 15.7. The first kappa shape index (κ1) is 20.5. The van der Waals surface area contributed by atoms with Crippen LogP contribution in [-0.4, -0.2) is 24.7 Å². The van der Waals surface area contributed by atoms with E-state index in [4.69, 9.17) is 33.3 Å². The van der Waals surface area contributed by atoms with Crippen molar-refractivity contribution in [2.45, 2.75) is 16.5 Å². The number of thiazole rings is 1. The SMILES string of the molecule is Clc1cnc(-n2nc(CSc3nc4ccccc4s3)nc2Cc2ccccc2)c(Cl)c1. The topological polar surface area (TPSA) is 56.5 Å². The molecule has 0 aliphatic carbocycles. The van der Waals surface area contributed by atoms with E-state index in [2.05, 4.69) is 28.2 Å². The highest BCUT2D eigenvalue weighted by Gasteiger charge is 2.17. The Kier molecular flexibility index (Phi) is 5.91. The zero-order valence-electron chi connectivity index (χ0n) is 16.1. The van der Waals surface area contributed by atoms with Crippen molar-refractivity contribution in [2.75, 3.05) is 0 Å². The molecule has 0 radical (unpaired) electrons. The molecule has 0 saturated heterocycles. The van der Waals surface area contributed by atoms with Gasteiger partial charge in [-0.2, -0.15) is 4.68 Å². The highest BCUT2D eigenvalue weighted by Crippen LogP contribution is 2.31. The number of hydrogen-bond donors (Lipinski definition) is 0. The number of fused-ring (bicyclic) bond motifs is 1. The maximum Gasteiger partial charge on any atom is 0.174 e. The Morgan fingerprint density at radius 1 is 0.968 bits per heavy atom. The van der Waals surface area contributed by atoms with Gasteiger partial charge in [0.05, 0.1) is 26.0 Å². The predicted molar refractivity (Wildman–Crippen MR) is 128 cm³/mol. The van der Waals surface area contributed by atoms with Crippen LogP contribution >= 0.6 is 46.3 Å². The summed E-state index contributed by atoms with van der Waals surface area (Å²) in [6.07, 6.45) is 2.17. The van der Waals surface area contributed by atoms with E-state index in [1.54, 1.807) is 40.0 Å². The number of aromatic nitrogens is 5. The Balaban J connectivity index is 1.46. The van der Waals surface area contributed by atoms with Gasteiger partial charge in [0.2, 0.25) is 0 Å². The van der Waals surface area contributed by atoms with Gasteiger partial charge < -0.3 is 0 Å². The van der Waals surface area contributed by atoms with E-state index in [9.17, 15) is 0 Å². The molecule has 0 unspecified atom stereocenters. The quantitative estimate of drug-likeness (QED) is 0.259. The van der Waals surface area contributed by atoms with E-state index in [1.165, 1.54) is 4.70 Å². The molecule has 154 valence electrons. The first-order chi connectivity index (χ1) is 15.2. The average Bonchev–Trinajstić information content (AvgIpc) is 3.36. The van der Waals surface area contributed by atoms with Gasteiger partial charge in [0.25, 0.3) is 0 Å². The molecule has 5 nitrogen and oxygen atoms in total. The van der Waals surface area contributed by atoms with Gasteiger partial charge >= 0.3 is 0 Å². The number of rotatable bonds is 6. The van der Waals surface area contributed by atoms with Crippen LogP contribution in [0.15, 0.2) is 71.2 Å². The summed E-state index contributed by atoms with van der Waals surface area (Å²) in [7, 11) is 0. The maximum atomic E-state index is 6.42. The summed E-state index contributed by atoms with van der Waals surface area (Å²) in [4.78, 5) is 13.9. The molecule has 31 heavy (non-hydrogen) atoms. The van der Waals surface area contributed by atoms with Crippen molar-refractivity contribution in [3.8, 4) is 5.82 Å². The van der Waals surface area contributed by atoms with E-state index < -0.39 is 0 Å². The smallest absolute Gasteiger partial charge is 0.174 e. The lowest BCUT2D eigenvalue weighted by atomic mass is 10.1. The van der Waals surface area contributed by atoms with Crippen LogP contribution in [0, 0.1) is 0 Å².